The van der Waals surface area contributed by atoms with Crippen molar-refractivity contribution in [1.29, 1.82) is 0 Å². The van der Waals surface area contributed by atoms with Crippen LogP contribution in [0.5, 0.6) is 0 Å². The van der Waals surface area contributed by atoms with Crippen LogP contribution in [0.2, 0.25) is 0 Å². The number of allylic oxidation sites excluding steroid dienone is 1. The summed E-state index contributed by atoms with van der Waals surface area (Å²) in [5.74, 6) is -1.36. The number of rotatable bonds is 1. The third-order valence-electron chi connectivity index (χ3n) is 3.41. The van der Waals surface area contributed by atoms with Crippen LogP contribution in [-0.2, 0) is 9.59 Å². The van der Waals surface area contributed by atoms with Gasteiger partial charge in [0, 0.05) is 14.1 Å². The zero-order valence-corrected chi connectivity index (χ0v) is 10.7. The smallest absolute Gasteiger partial charge is 0.317 e. The standard InChI is InChI=1S/C12H17N3O3/c1-6-4-7-9(11(17)14-10(7)16)8(5-6)13-12(18)15(2)3/h5,7-9H,4H2,1-3H3,(H,13,18)(H,14,16,17)/t7-,8+,9-/m0/s1. The minimum Gasteiger partial charge on any atom is -0.331 e. The SMILES string of the molecule is CC1=C[C@@H](NC(=O)N(C)C)[C@H]2C(=O)NC(=O)[C@H]2C1. The molecule has 1 fully saturated rings. The van der Waals surface area contributed by atoms with Gasteiger partial charge in [0.15, 0.2) is 0 Å². The second-order valence-electron chi connectivity index (χ2n) is 5.07. The molecular weight excluding hydrogens is 234 g/mol. The van der Waals surface area contributed by atoms with Gasteiger partial charge >= 0.3 is 6.03 Å². The van der Waals surface area contributed by atoms with Gasteiger partial charge in [0.05, 0.1) is 17.9 Å². The number of amides is 4. The minimum atomic E-state index is -0.481. The quantitative estimate of drug-likeness (QED) is 0.503. The molecular formula is C12H17N3O3. The highest BCUT2D eigenvalue weighted by Crippen LogP contribution is 2.33. The number of nitrogens with one attached hydrogen (secondary N) is 2. The molecule has 0 aromatic carbocycles. The Hall–Kier alpha value is -1.85. The fourth-order valence-corrected chi connectivity index (χ4v) is 2.50. The summed E-state index contributed by atoms with van der Waals surface area (Å²) in [4.78, 5) is 36.5. The lowest BCUT2D eigenvalue weighted by Gasteiger charge is -2.30. The van der Waals surface area contributed by atoms with Crippen LogP contribution in [-0.4, -0.2) is 42.9 Å². The lowest BCUT2D eigenvalue weighted by molar-refractivity contribution is -0.126. The third-order valence-corrected chi connectivity index (χ3v) is 3.41. The molecule has 18 heavy (non-hydrogen) atoms. The summed E-state index contributed by atoms with van der Waals surface area (Å²) in [6.07, 6.45) is 2.44. The average molecular weight is 251 g/mol. The van der Waals surface area contributed by atoms with E-state index in [1.54, 1.807) is 14.1 Å². The van der Waals surface area contributed by atoms with E-state index in [0.29, 0.717) is 6.42 Å². The van der Waals surface area contributed by atoms with Gasteiger partial charge in [-0.05, 0) is 13.3 Å². The molecule has 0 aromatic heterocycles. The highest BCUT2D eigenvalue weighted by atomic mass is 16.2. The van der Waals surface area contributed by atoms with Gasteiger partial charge in [0.2, 0.25) is 11.8 Å². The summed E-state index contributed by atoms with van der Waals surface area (Å²) in [5, 5.41) is 5.10. The molecule has 2 rings (SSSR count). The molecule has 4 amide bonds. The summed E-state index contributed by atoms with van der Waals surface area (Å²) >= 11 is 0. The van der Waals surface area contributed by atoms with E-state index in [1.807, 2.05) is 13.0 Å². The van der Waals surface area contributed by atoms with E-state index in [4.69, 9.17) is 0 Å². The van der Waals surface area contributed by atoms with Crippen molar-refractivity contribution in [2.24, 2.45) is 11.8 Å². The molecule has 6 nitrogen and oxygen atoms in total. The predicted octanol–water partition coefficient (Wildman–Crippen LogP) is -0.135. The van der Waals surface area contributed by atoms with Crippen molar-refractivity contribution < 1.29 is 14.4 Å². The van der Waals surface area contributed by atoms with Crippen molar-refractivity contribution in [2.75, 3.05) is 14.1 Å². The second kappa shape index (κ2) is 4.44. The number of nitrogens with zero attached hydrogens (tertiary/aromatic N) is 1. The molecule has 1 saturated heterocycles. The highest BCUT2D eigenvalue weighted by Gasteiger charge is 2.47. The molecule has 0 spiro atoms. The van der Waals surface area contributed by atoms with Crippen LogP contribution in [0.1, 0.15) is 13.3 Å². The van der Waals surface area contributed by atoms with Crippen molar-refractivity contribution in [3.05, 3.63) is 11.6 Å². The lowest BCUT2D eigenvalue weighted by Crippen LogP contribution is -2.48. The monoisotopic (exact) mass is 251 g/mol. The summed E-state index contributed by atoms with van der Waals surface area (Å²) in [6.45, 7) is 1.90. The number of carbonyl (C=O) groups is 3. The van der Waals surface area contributed by atoms with Crippen LogP contribution in [0.25, 0.3) is 0 Å². The van der Waals surface area contributed by atoms with Crippen LogP contribution in [0.3, 0.4) is 0 Å². The molecule has 2 N–H and O–H groups in total. The molecule has 6 heteroatoms. The highest BCUT2D eigenvalue weighted by molar-refractivity contribution is 6.06. The van der Waals surface area contributed by atoms with E-state index < -0.39 is 12.0 Å². The topological polar surface area (TPSA) is 78.5 Å². The maximum absolute atomic E-state index is 11.8. The fraction of sp³-hybridized carbons (Fsp3) is 0.583. The Kier molecular flexibility index (Phi) is 3.11. The van der Waals surface area contributed by atoms with E-state index in [2.05, 4.69) is 10.6 Å². The van der Waals surface area contributed by atoms with Crippen LogP contribution in [0.4, 0.5) is 4.79 Å². The van der Waals surface area contributed by atoms with Gasteiger partial charge in [0.25, 0.3) is 0 Å². The zero-order valence-electron chi connectivity index (χ0n) is 10.7. The number of hydrogen-bond acceptors (Lipinski definition) is 3. The first-order valence-electron chi connectivity index (χ1n) is 5.90. The van der Waals surface area contributed by atoms with E-state index in [1.165, 1.54) is 4.90 Å². The normalized spacial score (nSPS) is 30.4. The fourth-order valence-electron chi connectivity index (χ4n) is 2.50. The van der Waals surface area contributed by atoms with Crippen molar-refractivity contribution in [3.8, 4) is 0 Å². The van der Waals surface area contributed by atoms with E-state index in [9.17, 15) is 14.4 Å². The maximum atomic E-state index is 11.8. The number of imide groups is 1. The summed E-state index contributed by atoms with van der Waals surface area (Å²) in [5.41, 5.74) is 1.02. The Bertz CT molecular complexity index is 442. The average Bonchev–Trinajstić information content (AvgIpc) is 2.54. The van der Waals surface area contributed by atoms with E-state index in [0.717, 1.165) is 5.57 Å². The van der Waals surface area contributed by atoms with Crippen molar-refractivity contribution in [3.63, 3.8) is 0 Å². The molecule has 3 atom stereocenters. The van der Waals surface area contributed by atoms with Crippen LogP contribution in [0, 0.1) is 11.8 Å². The van der Waals surface area contributed by atoms with Gasteiger partial charge in [-0.25, -0.2) is 4.79 Å². The maximum Gasteiger partial charge on any atom is 0.317 e. The molecule has 0 unspecified atom stereocenters. The largest absolute Gasteiger partial charge is 0.331 e. The van der Waals surface area contributed by atoms with Gasteiger partial charge in [-0.15, -0.1) is 0 Å². The molecule has 0 bridgehead atoms. The number of urea groups is 1. The molecule has 0 radical (unpaired) electrons. The van der Waals surface area contributed by atoms with Crippen LogP contribution >= 0.6 is 0 Å². The molecule has 1 aliphatic heterocycles. The van der Waals surface area contributed by atoms with Gasteiger partial charge in [-0.1, -0.05) is 11.6 Å². The van der Waals surface area contributed by atoms with Crippen molar-refractivity contribution in [1.82, 2.24) is 15.5 Å². The van der Waals surface area contributed by atoms with Crippen LogP contribution < -0.4 is 10.6 Å². The van der Waals surface area contributed by atoms with Crippen molar-refractivity contribution >= 4 is 17.8 Å². The first-order valence-corrected chi connectivity index (χ1v) is 5.90. The first kappa shape index (κ1) is 12.6. The Morgan fingerprint density at radius 1 is 1.39 bits per heavy atom. The van der Waals surface area contributed by atoms with Gasteiger partial charge < -0.3 is 10.2 Å². The Morgan fingerprint density at radius 2 is 2.06 bits per heavy atom. The number of hydrogen-bond donors (Lipinski definition) is 2. The van der Waals surface area contributed by atoms with Gasteiger partial charge in [-0.3, -0.25) is 14.9 Å². The van der Waals surface area contributed by atoms with Gasteiger partial charge in [0.1, 0.15) is 0 Å². The summed E-state index contributed by atoms with van der Waals surface area (Å²) in [7, 11) is 3.26. The molecule has 1 aliphatic carbocycles. The predicted molar refractivity (Wildman–Crippen MR) is 64.5 cm³/mol. The first-order chi connectivity index (χ1) is 8.40. The number of fused-ring (bicyclic) bond motifs is 1. The Balaban J connectivity index is 2.22. The Labute approximate surface area is 105 Å². The van der Waals surface area contributed by atoms with Crippen molar-refractivity contribution in [2.45, 2.75) is 19.4 Å². The summed E-state index contributed by atoms with van der Waals surface area (Å²) < 4.78 is 0. The molecule has 98 valence electrons. The molecule has 0 aromatic rings. The lowest BCUT2D eigenvalue weighted by atomic mass is 9.78. The van der Waals surface area contributed by atoms with Crippen LogP contribution in [0.15, 0.2) is 11.6 Å². The second-order valence-corrected chi connectivity index (χ2v) is 5.07. The van der Waals surface area contributed by atoms with Gasteiger partial charge in [-0.2, -0.15) is 0 Å². The minimum absolute atomic E-state index is 0.235. The molecule has 0 saturated carbocycles. The Morgan fingerprint density at radius 3 is 2.67 bits per heavy atom. The summed E-state index contributed by atoms with van der Waals surface area (Å²) in [6, 6.07) is -0.679. The third kappa shape index (κ3) is 2.10. The molecule has 1 heterocycles. The van der Waals surface area contributed by atoms with E-state index in [-0.39, 0.29) is 23.8 Å². The molecule has 2 aliphatic rings. The van der Waals surface area contributed by atoms with E-state index >= 15 is 0 Å². The zero-order chi connectivity index (χ0) is 13.4. The number of carbonyl (C=O) groups excluding carboxylic acids is 3.